The molecule has 1 amide bonds. The lowest BCUT2D eigenvalue weighted by atomic mass is 9.88. The van der Waals surface area contributed by atoms with E-state index in [9.17, 15) is 9.59 Å². The fourth-order valence-corrected chi connectivity index (χ4v) is 4.52. The second-order valence-corrected chi connectivity index (χ2v) is 7.96. The predicted octanol–water partition coefficient (Wildman–Crippen LogP) is 3.84. The van der Waals surface area contributed by atoms with Crippen molar-refractivity contribution in [3.05, 3.63) is 40.6 Å². The number of aryl methyl sites for hydroxylation is 2. The zero-order valence-electron chi connectivity index (χ0n) is 16.8. The molecule has 0 unspecified atom stereocenters. The highest BCUT2D eigenvalue weighted by Crippen LogP contribution is 2.32. The summed E-state index contributed by atoms with van der Waals surface area (Å²) in [5, 5.41) is 0.971. The largest absolute Gasteiger partial charge is 0.466 e. The lowest BCUT2D eigenvalue weighted by Gasteiger charge is -2.32. The molecule has 0 bridgehead atoms. The topological polar surface area (TPSA) is 59.5 Å². The third-order valence-corrected chi connectivity index (χ3v) is 6.03. The Hall–Kier alpha value is -2.43. The van der Waals surface area contributed by atoms with Crippen LogP contribution in [0.1, 0.15) is 59.8 Å². The summed E-state index contributed by atoms with van der Waals surface area (Å²) in [6.45, 7) is 5.50. The summed E-state index contributed by atoms with van der Waals surface area (Å²) in [6.07, 6.45) is 5.47. The second-order valence-electron chi connectivity index (χ2n) is 7.96. The van der Waals surface area contributed by atoms with Crippen LogP contribution in [0.4, 0.5) is 0 Å². The van der Waals surface area contributed by atoms with E-state index in [2.05, 4.69) is 19.1 Å². The maximum Gasteiger partial charge on any atom is 0.309 e. The van der Waals surface area contributed by atoms with Crippen molar-refractivity contribution < 1.29 is 14.3 Å². The second kappa shape index (κ2) is 7.90. The van der Waals surface area contributed by atoms with Gasteiger partial charge in [0.1, 0.15) is 0 Å². The number of likely N-dealkylation sites (tertiary alicyclic amines) is 1. The Balaban J connectivity index is 1.66. The van der Waals surface area contributed by atoms with Crippen LogP contribution in [0.15, 0.2) is 18.2 Å². The van der Waals surface area contributed by atoms with Crippen LogP contribution in [0.3, 0.4) is 0 Å². The summed E-state index contributed by atoms with van der Waals surface area (Å²) >= 11 is 0. The molecule has 2 aliphatic rings. The van der Waals surface area contributed by atoms with E-state index in [0.29, 0.717) is 32.5 Å². The van der Waals surface area contributed by atoms with Crippen LogP contribution in [-0.4, -0.2) is 41.5 Å². The maximum absolute atomic E-state index is 13.6. The number of fused-ring (bicyclic) bond motifs is 2. The number of rotatable bonds is 3. The number of hydrogen-bond acceptors (Lipinski definition) is 4. The fraction of sp³-hybridized carbons (Fsp3) is 0.522. The molecule has 1 aromatic heterocycles. The molecule has 4 rings (SSSR count). The van der Waals surface area contributed by atoms with Crippen LogP contribution in [0.5, 0.6) is 0 Å². The van der Waals surface area contributed by atoms with E-state index in [1.54, 1.807) is 0 Å². The number of nitrogens with zero attached hydrogens (tertiary/aromatic N) is 2. The number of amides is 1. The number of carbonyl (C=O) groups is 2. The molecule has 28 heavy (non-hydrogen) atoms. The van der Waals surface area contributed by atoms with E-state index >= 15 is 0 Å². The summed E-state index contributed by atoms with van der Waals surface area (Å²) in [5.41, 5.74) is 5.13. The van der Waals surface area contributed by atoms with Gasteiger partial charge in [-0.2, -0.15) is 0 Å². The van der Waals surface area contributed by atoms with Crippen LogP contribution in [0, 0.1) is 12.8 Å². The van der Waals surface area contributed by atoms with Gasteiger partial charge in [-0.15, -0.1) is 0 Å². The van der Waals surface area contributed by atoms with Crippen LogP contribution >= 0.6 is 0 Å². The number of pyridine rings is 1. The van der Waals surface area contributed by atoms with E-state index in [-0.39, 0.29) is 17.8 Å². The number of esters is 1. The minimum Gasteiger partial charge on any atom is -0.466 e. The molecule has 1 fully saturated rings. The van der Waals surface area contributed by atoms with E-state index in [0.717, 1.165) is 59.0 Å². The Morgan fingerprint density at radius 2 is 1.93 bits per heavy atom. The zero-order chi connectivity index (χ0) is 19.7. The Kier molecular flexibility index (Phi) is 5.33. The van der Waals surface area contributed by atoms with Crippen molar-refractivity contribution in [1.82, 2.24) is 9.88 Å². The minimum absolute atomic E-state index is 0.0886. The number of ether oxygens (including phenoxy) is 1. The molecule has 1 aliphatic carbocycles. The van der Waals surface area contributed by atoms with Crippen molar-refractivity contribution >= 4 is 22.8 Å². The lowest BCUT2D eigenvalue weighted by molar-refractivity contribution is -0.149. The first-order chi connectivity index (χ1) is 13.6. The van der Waals surface area contributed by atoms with Crippen molar-refractivity contribution in [3.63, 3.8) is 0 Å². The standard InChI is InChI=1S/C23H28N2O3/c1-3-28-23(27)16-10-12-25(13-11-16)22(26)21-17-6-4-5-7-19(17)24-20-9-8-15(2)14-18(20)21/h8-9,14,16H,3-7,10-13H2,1-2H3. The van der Waals surface area contributed by atoms with E-state index < -0.39 is 0 Å². The van der Waals surface area contributed by atoms with Crippen LogP contribution < -0.4 is 0 Å². The molecule has 1 saturated heterocycles. The van der Waals surface area contributed by atoms with Gasteiger partial charge in [0.05, 0.1) is 23.6 Å². The molecule has 5 nitrogen and oxygen atoms in total. The van der Waals surface area contributed by atoms with Crippen LogP contribution in [0.2, 0.25) is 0 Å². The van der Waals surface area contributed by atoms with Crippen molar-refractivity contribution in [2.45, 2.75) is 52.4 Å². The van der Waals surface area contributed by atoms with Crippen molar-refractivity contribution in [1.29, 1.82) is 0 Å². The summed E-state index contributed by atoms with van der Waals surface area (Å²) in [5.74, 6) is -0.121. The van der Waals surface area contributed by atoms with Gasteiger partial charge in [0.15, 0.2) is 0 Å². The monoisotopic (exact) mass is 380 g/mol. The summed E-state index contributed by atoms with van der Waals surface area (Å²) in [4.78, 5) is 32.4. The SMILES string of the molecule is CCOC(=O)C1CCN(C(=O)c2c3c(nc4ccc(C)cc24)CCCC3)CC1. The quantitative estimate of drug-likeness (QED) is 0.759. The van der Waals surface area contributed by atoms with Crippen molar-refractivity contribution in [2.75, 3.05) is 19.7 Å². The number of carbonyl (C=O) groups excluding carboxylic acids is 2. The van der Waals surface area contributed by atoms with E-state index in [1.807, 2.05) is 17.9 Å². The molecule has 1 aromatic carbocycles. The van der Waals surface area contributed by atoms with Crippen molar-refractivity contribution in [2.24, 2.45) is 5.92 Å². The minimum atomic E-state index is -0.128. The molecule has 0 atom stereocenters. The van der Waals surface area contributed by atoms with Gasteiger partial charge in [-0.05, 0) is 70.1 Å². The van der Waals surface area contributed by atoms with E-state index in [1.165, 1.54) is 0 Å². The Morgan fingerprint density at radius 3 is 2.68 bits per heavy atom. The van der Waals surface area contributed by atoms with Gasteiger partial charge in [0, 0.05) is 24.2 Å². The Bertz CT molecular complexity index is 914. The number of hydrogen-bond donors (Lipinski definition) is 0. The molecule has 5 heteroatoms. The zero-order valence-corrected chi connectivity index (χ0v) is 16.8. The molecular weight excluding hydrogens is 352 g/mol. The first-order valence-electron chi connectivity index (χ1n) is 10.5. The number of aromatic nitrogens is 1. The van der Waals surface area contributed by atoms with Gasteiger partial charge in [-0.1, -0.05) is 11.6 Å². The summed E-state index contributed by atoms with van der Waals surface area (Å²) in [7, 11) is 0. The highest BCUT2D eigenvalue weighted by Gasteiger charge is 2.31. The smallest absolute Gasteiger partial charge is 0.309 e. The Morgan fingerprint density at radius 1 is 1.18 bits per heavy atom. The number of benzene rings is 1. The Labute approximate surface area is 166 Å². The maximum atomic E-state index is 13.6. The molecule has 148 valence electrons. The first-order valence-corrected chi connectivity index (χ1v) is 10.5. The van der Waals surface area contributed by atoms with Gasteiger partial charge >= 0.3 is 5.97 Å². The summed E-state index contributed by atoms with van der Waals surface area (Å²) < 4.78 is 5.16. The van der Waals surface area contributed by atoms with E-state index in [4.69, 9.17) is 9.72 Å². The average molecular weight is 380 g/mol. The molecule has 0 spiro atoms. The fourth-order valence-electron chi connectivity index (χ4n) is 4.52. The van der Waals surface area contributed by atoms with Crippen molar-refractivity contribution in [3.8, 4) is 0 Å². The highest BCUT2D eigenvalue weighted by atomic mass is 16.5. The first kappa shape index (κ1) is 18.9. The molecule has 0 N–H and O–H groups in total. The van der Waals surface area contributed by atoms with Gasteiger partial charge in [-0.25, -0.2) is 0 Å². The van der Waals surface area contributed by atoms with Crippen LogP contribution in [0.25, 0.3) is 10.9 Å². The van der Waals surface area contributed by atoms with Gasteiger partial charge in [-0.3, -0.25) is 14.6 Å². The average Bonchev–Trinajstić information content (AvgIpc) is 2.72. The molecule has 0 saturated carbocycles. The highest BCUT2D eigenvalue weighted by molar-refractivity contribution is 6.08. The summed E-state index contributed by atoms with van der Waals surface area (Å²) in [6, 6.07) is 6.18. The van der Waals surface area contributed by atoms with Gasteiger partial charge < -0.3 is 9.64 Å². The van der Waals surface area contributed by atoms with Gasteiger partial charge in [0.2, 0.25) is 0 Å². The molecule has 0 radical (unpaired) electrons. The van der Waals surface area contributed by atoms with Crippen LogP contribution in [-0.2, 0) is 22.4 Å². The molecule has 2 heterocycles. The molecular formula is C23H28N2O3. The third kappa shape index (κ3) is 3.50. The lowest BCUT2D eigenvalue weighted by Crippen LogP contribution is -2.41. The molecule has 1 aliphatic heterocycles. The van der Waals surface area contributed by atoms with Gasteiger partial charge in [0.25, 0.3) is 5.91 Å². The normalized spacial score (nSPS) is 17.4. The predicted molar refractivity (Wildman–Crippen MR) is 108 cm³/mol. The third-order valence-electron chi connectivity index (χ3n) is 6.03. The number of piperidine rings is 1. The molecule has 2 aromatic rings.